The standard InChI is InChI=1S/C15H13NO4S/c17-12-10-3-1-2-4-11(10)13(18)16(12)20-14(19)9-5-15(6-9)7-21-8-15/h1-4,9H,5-8H2. The summed E-state index contributed by atoms with van der Waals surface area (Å²) in [5, 5.41) is 0.605. The molecule has 0 atom stereocenters. The van der Waals surface area contributed by atoms with Gasteiger partial charge in [0.05, 0.1) is 17.0 Å². The molecule has 108 valence electrons. The topological polar surface area (TPSA) is 63.7 Å². The Morgan fingerprint density at radius 2 is 1.71 bits per heavy atom. The van der Waals surface area contributed by atoms with Gasteiger partial charge in [-0.15, -0.1) is 0 Å². The smallest absolute Gasteiger partial charge is 0.329 e. The molecule has 1 saturated carbocycles. The molecule has 1 aliphatic carbocycles. The number of benzene rings is 1. The zero-order chi connectivity index (χ0) is 14.6. The number of hydrogen-bond donors (Lipinski definition) is 0. The van der Waals surface area contributed by atoms with Gasteiger partial charge in [0, 0.05) is 0 Å². The van der Waals surface area contributed by atoms with Crippen LogP contribution in [0.3, 0.4) is 0 Å². The minimum atomic E-state index is -0.558. The first-order valence-electron chi connectivity index (χ1n) is 6.87. The lowest BCUT2D eigenvalue weighted by molar-refractivity contribution is -0.180. The van der Waals surface area contributed by atoms with Gasteiger partial charge in [0.2, 0.25) is 0 Å². The molecule has 6 heteroatoms. The average Bonchev–Trinajstić information content (AvgIpc) is 2.61. The van der Waals surface area contributed by atoms with Crippen molar-refractivity contribution in [3.63, 3.8) is 0 Å². The number of carbonyl (C=O) groups is 3. The molecule has 0 bridgehead atoms. The highest BCUT2D eigenvalue weighted by Crippen LogP contribution is 2.56. The SMILES string of the molecule is O=C(ON1C(=O)c2ccccc2C1=O)C1CC2(CSC2)C1. The zero-order valence-electron chi connectivity index (χ0n) is 11.2. The summed E-state index contributed by atoms with van der Waals surface area (Å²) < 4.78 is 0. The van der Waals surface area contributed by atoms with Crippen molar-refractivity contribution in [2.45, 2.75) is 12.8 Å². The lowest BCUT2D eigenvalue weighted by Gasteiger charge is -2.52. The van der Waals surface area contributed by atoms with Crippen LogP contribution in [0.2, 0.25) is 0 Å². The van der Waals surface area contributed by atoms with Crippen LogP contribution < -0.4 is 0 Å². The normalized spacial score (nSPS) is 22.8. The van der Waals surface area contributed by atoms with Gasteiger partial charge >= 0.3 is 5.97 Å². The van der Waals surface area contributed by atoms with Crippen molar-refractivity contribution in [1.82, 2.24) is 5.06 Å². The molecular weight excluding hydrogens is 290 g/mol. The molecule has 2 fully saturated rings. The minimum Gasteiger partial charge on any atom is -0.329 e. The summed E-state index contributed by atoms with van der Waals surface area (Å²) >= 11 is 1.89. The maximum atomic E-state index is 12.1. The number of carbonyl (C=O) groups excluding carboxylic acids is 3. The van der Waals surface area contributed by atoms with Crippen LogP contribution >= 0.6 is 11.8 Å². The molecule has 21 heavy (non-hydrogen) atoms. The van der Waals surface area contributed by atoms with Crippen LogP contribution in [0.1, 0.15) is 33.6 Å². The van der Waals surface area contributed by atoms with Crippen LogP contribution in [-0.4, -0.2) is 34.4 Å². The summed E-state index contributed by atoms with van der Waals surface area (Å²) in [6, 6.07) is 6.49. The quantitative estimate of drug-likeness (QED) is 0.781. The highest BCUT2D eigenvalue weighted by atomic mass is 32.2. The molecular formula is C15H13NO4S. The van der Waals surface area contributed by atoms with E-state index in [-0.39, 0.29) is 17.0 Å². The predicted octanol–water partition coefficient (Wildman–Crippen LogP) is 1.88. The van der Waals surface area contributed by atoms with Crippen LogP contribution in [0.25, 0.3) is 0 Å². The Bertz CT molecular complexity index is 624. The first kappa shape index (κ1) is 12.9. The molecule has 2 aliphatic heterocycles. The van der Waals surface area contributed by atoms with Crippen LogP contribution in [0.5, 0.6) is 0 Å². The third kappa shape index (κ3) is 1.82. The van der Waals surface area contributed by atoms with E-state index in [2.05, 4.69) is 0 Å². The third-order valence-electron chi connectivity index (χ3n) is 4.45. The maximum absolute atomic E-state index is 12.1. The van der Waals surface area contributed by atoms with Crippen molar-refractivity contribution < 1.29 is 19.2 Å². The van der Waals surface area contributed by atoms with Crippen LogP contribution in [0.15, 0.2) is 24.3 Å². The van der Waals surface area contributed by atoms with Gasteiger partial charge in [-0.3, -0.25) is 9.59 Å². The van der Waals surface area contributed by atoms with Gasteiger partial charge < -0.3 is 4.84 Å². The molecule has 1 spiro atoms. The molecule has 2 amide bonds. The molecule has 0 aromatic heterocycles. The Kier molecular flexibility index (Phi) is 2.66. The van der Waals surface area contributed by atoms with E-state index in [9.17, 15) is 14.4 Å². The summed E-state index contributed by atoms with van der Waals surface area (Å²) in [5.41, 5.74) is 0.891. The lowest BCUT2D eigenvalue weighted by atomic mass is 9.63. The first-order chi connectivity index (χ1) is 10.1. The molecule has 4 rings (SSSR count). The second-order valence-corrected chi connectivity index (χ2v) is 6.94. The van der Waals surface area contributed by atoms with Crippen LogP contribution in [0, 0.1) is 11.3 Å². The summed E-state index contributed by atoms with van der Waals surface area (Å²) in [6.07, 6.45) is 1.62. The van der Waals surface area contributed by atoms with E-state index in [0.29, 0.717) is 10.5 Å². The fourth-order valence-corrected chi connectivity index (χ4v) is 4.45. The summed E-state index contributed by atoms with van der Waals surface area (Å²) in [5.74, 6) is 0.435. The second-order valence-electron chi connectivity index (χ2n) is 5.96. The number of rotatable bonds is 2. The first-order valence-corrected chi connectivity index (χ1v) is 8.03. The van der Waals surface area contributed by atoms with Gasteiger partial charge in [-0.25, -0.2) is 4.79 Å². The largest absolute Gasteiger partial charge is 0.336 e. The van der Waals surface area contributed by atoms with Crippen molar-refractivity contribution in [3.8, 4) is 0 Å². The van der Waals surface area contributed by atoms with Crippen molar-refractivity contribution in [2.24, 2.45) is 11.3 Å². The highest BCUT2D eigenvalue weighted by Gasteiger charge is 2.53. The molecule has 1 aromatic carbocycles. The number of nitrogens with zero attached hydrogens (tertiary/aromatic N) is 1. The molecule has 2 heterocycles. The zero-order valence-corrected chi connectivity index (χ0v) is 12.0. The fourth-order valence-electron chi connectivity index (χ4n) is 3.19. The van der Waals surface area contributed by atoms with Gasteiger partial charge in [-0.1, -0.05) is 17.2 Å². The number of fused-ring (bicyclic) bond motifs is 1. The summed E-state index contributed by atoms with van der Waals surface area (Å²) in [4.78, 5) is 41.3. The van der Waals surface area contributed by atoms with E-state index in [1.165, 1.54) is 0 Å². The summed E-state index contributed by atoms with van der Waals surface area (Å²) in [7, 11) is 0. The third-order valence-corrected chi connectivity index (χ3v) is 6.08. The Morgan fingerprint density at radius 3 is 2.19 bits per heavy atom. The van der Waals surface area contributed by atoms with Crippen molar-refractivity contribution in [1.29, 1.82) is 0 Å². The number of hydroxylamine groups is 2. The van der Waals surface area contributed by atoms with Gasteiger partial charge in [0.15, 0.2) is 0 Å². The number of thioether (sulfide) groups is 1. The molecule has 0 radical (unpaired) electrons. The molecule has 3 aliphatic rings. The Labute approximate surface area is 125 Å². The molecule has 1 saturated heterocycles. The number of imide groups is 1. The van der Waals surface area contributed by atoms with Crippen molar-refractivity contribution in [3.05, 3.63) is 35.4 Å². The monoisotopic (exact) mass is 303 g/mol. The Balaban J connectivity index is 1.45. The van der Waals surface area contributed by atoms with E-state index >= 15 is 0 Å². The fraction of sp³-hybridized carbons (Fsp3) is 0.400. The van der Waals surface area contributed by atoms with Gasteiger partial charge in [-0.2, -0.15) is 11.8 Å². The van der Waals surface area contributed by atoms with E-state index in [1.54, 1.807) is 24.3 Å². The average molecular weight is 303 g/mol. The minimum absolute atomic E-state index is 0.185. The van der Waals surface area contributed by atoms with Crippen LogP contribution in [-0.2, 0) is 9.63 Å². The number of hydrogen-bond acceptors (Lipinski definition) is 5. The molecule has 0 unspecified atom stereocenters. The predicted molar refractivity (Wildman–Crippen MR) is 75.5 cm³/mol. The van der Waals surface area contributed by atoms with Gasteiger partial charge in [0.25, 0.3) is 11.8 Å². The van der Waals surface area contributed by atoms with Crippen LogP contribution in [0.4, 0.5) is 0 Å². The number of amides is 2. The van der Waals surface area contributed by atoms with E-state index in [0.717, 1.165) is 24.3 Å². The van der Waals surface area contributed by atoms with Crippen molar-refractivity contribution >= 4 is 29.5 Å². The lowest BCUT2D eigenvalue weighted by Crippen LogP contribution is -2.51. The Hall–Kier alpha value is -1.82. The van der Waals surface area contributed by atoms with Gasteiger partial charge in [0.1, 0.15) is 0 Å². The molecule has 1 aromatic rings. The van der Waals surface area contributed by atoms with E-state index in [1.807, 2.05) is 11.8 Å². The maximum Gasteiger partial charge on any atom is 0.336 e. The van der Waals surface area contributed by atoms with Gasteiger partial charge in [-0.05, 0) is 41.9 Å². The molecule has 5 nitrogen and oxygen atoms in total. The Morgan fingerprint density at radius 1 is 1.14 bits per heavy atom. The second kappa shape index (κ2) is 4.34. The summed E-state index contributed by atoms with van der Waals surface area (Å²) in [6.45, 7) is 0. The highest BCUT2D eigenvalue weighted by molar-refractivity contribution is 8.00. The van der Waals surface area contributed by atoms with E-state index in [4.69, 9.17) is 4.84 Å². The van der Waals surface area contributed by atoms with Crippen molar-refractivity contribution in [2.75, 3.05) is 11.5 Å². The van der Waals surface area contributed by atoms with E-state index < -0.39 is 17.8 Å². The molecule has 0 N–H and O–H groups in total.